The first-order valence-corrected chi connectivity index (χ1v) is 11.8. The number of hydrogen-bond acceptors (Lipinski definition) is 5. The Kier molecular flexibility index (Phi) is 6.54. The molecule has 2 fully saturated rings. The summed E-state index contributed by atoms with van der Waals surface area (Å²) in [7, 11) is -3.79. The summed E-state index contributed by atoms with van der Waals surface area (Å²) in [6.45, 7) is 2.13. The Morgan fingerprint density at radius 1 is 1.10 bits per heavy atom. The first kappa shape index (κ1) is 21.7. The lowest BCUT2D eigenvalue weighted by molar-refractivity contribution is 0.0676. The van der Waals surface area contributed by atoms with Gasteiger partial charge in [-0.15, -0.1) is 0 Å². The highest BCUT2D eigenvalue weighted by atomic mass is 32.2. The van der Waals surface area contributed by atoms with E-state index in [9.17, 15) is 17.6 Å². The summed E-state index contributed by atoms with van der Waals surface area (Å²) in [6, 6.07) is 11.9. The molecule has 0 saturated carbocycles. The fraction of sp³-hybridized carbons (Fsp3) is 0.409. The van der Waals surface area contributed by atoms with Gasteiger partial charge < -0.3 is 14.4 Å². The zero-order chi connectivity index (χ0) is 21.8. The maximum absolute atomic E-state index is 13.4. The number of amides is 1. The minimum Gasteiger partial charge on any atom is -0.491 e. The molecule has 1 atom stereocenters. The number of ether oxygens (including phenoxy) is 2. The van der Waals surface area contributed by atoms with Crippen molar-refractivity contribution < 1.29 is 27.1 Å². The van der Waals surface area contributed by atoms with E-state index < -0.39 is 15.8 Å². The average molecular weight is 449 g/mol. The van der Waals surface area contributed by atoms with Gasteiger partial charge in [0.1, 0.15) is 18.2 Å². The maximum atomic E-state index is 13.4. The lowest BCUT2D eigenvalue weighted by Gasteiger charge is -2.34. The second kappa shape index (κ2) is 9.33. The van der Waals surface area contributed by atoms with E-state index in [1.807, 2.05) is 0 Å². The molecule has 166 valence electrons. The van der Waals surface area contributed by atoms with Crippen LogP contribution in [0, 0.1) is 5.82 Å². The first-order chi connectivity index (χ1) is 14.9. The van der Waals surface area contributed by atoms with E-state index in [1.54, 1.807) is 29.2 Å². The lowest BCUT2D eigenvalue weighted by atomic mass is 10.2. The minimum atomic E-state index is -3.79. The maximum Gasteiger partial charge on any atom is 0.253 e. The van der Waals surface area contributed by atoms with Gasteiger partial charge in [-0.2, -0.15) is 4.31 Å². The third kappa shape index (κ3) is 5.06. The van der Waals surface area contributed by atoms with Gasteiger partial charge in [0.25, 0.3) is 5.91 Å². The van der Waals surface area contributed by atoms with Gasteiger partial charge in [-0.3, -0.25) is 4.79 Å². The second-order valence-electron chi connectivity index (χ2n) is 7.62. The molecule has 0 aromatic heterocycles. The van der Waals surface area contributed by atoms with E-state index in [4.69, 9.17) is 9.47 Å². The highest BCUT2D eigenvalue weighted by Crippen LogP contribution is 2.21. The van der Waals surface area contributed by atoms with Crippen molar-refractivity contribution in [2.24, 2.45) is 0 Å². The molecule has 0 spiro atoms. The molecule has 2 aromatic rings. The van der Waals surface area contributed by atoms with E-state index in [0.717, 1.165) is 25.5 Å². The quantitative estimate of drug-likeness (QED) is 0.679. The van der Waals surface area contributed by atoms with Crippen LogP contribution in [0.25, 0.3) is 0 Å². The molecular weight excluding hydrogens is 423 g/mol. The third-order valence-electron chi connectivity index (χ3n) is 5.52. The molecule has 2 saturated heterocycles. The van der Waals surface area contributed by atoms with E-state index >= 15 is 0 Å². The third-order valence-corrected chi connectivity index (χ3v) is 7.42. The van der Waals surface area contributed by atoms with Gasteiger partial charge in [0, 0.05) is 38.3 Å². The summed E-state index contributed by atoms with van der Waals surface area (Å²) < 4.78 is 51.4. The molecule has 1 amide bonds. The predicted octanol–water partition coefficient (Wildman–Crippen LogP) is 2.53. The van der Waals surface area contributed by atoms with Gasteiger partial charge >= 0.3 is 0 Å². The van der Waals surface area contributed by atoms with Gasteiger partial charge in [-0.25, -0.2) is 12.8 Å². The Labute approximate surface area is 181 Å². The lowest BCUT2D eigenvalue weighted by Crippen LogP contribution is -2.50. The molecule has 9 heteroatoms. The molecule has 2 aliphatic rings. The smallest absolute Gasteiger partial charge is 0.253 e. The summed E-state index contributed by atoms with van der Waals surface area (Å²) in [4.78, 5) is 14.3. The van der Waals surface area contributed by atoms with Crippen LogP contribution in [0.2, 0.25) is 0 Å². The van der Waals surface area contributed by atoms with Crippen molar-refractivity contribution in [3.63, 3.8) is 0 Å². The number of benzene rings is 2. The van der Waals surface area contributed by atoms with Crippen molar-refractivity contribution in [1.29, 1.82) is 0 Å². The zero-order valence-corrected chi connectivity index (χ0v) is 17.9. The van der Waals surface area contributed by atoms with Gasteiger partial charge in [-0.1, -0.05) is 6.07 Å². The Morgan fingerprint density at radius 2 is 1.84 bits per heavy atom. The van der Waals surface area contributed by atoms with Crippen molar-refractivity contribution in [3.8, 4) is 5.75 Å². The Balaban J connectivity index is 1.32. The van der Waals surface area contributed by atoms with Crippen LogP contribution in [0.15, 0.2) is 53.4 Å². The van der Waals surface area contributed by atoms with Crippen molar-refractivity contribution in [2.75, 3.05) is 39.4 Å². The summed E-state index contributed by atoms with van der Waals surface area (Å²) in [5, 5.41) is 0. The molecule has 1 unspecified atom stereocenters. The number of hydrogen-bond donors (Lipinski definition) is 0. The molecule has 0 radical (unpaired) electrons. The number of carbonyl (C=O) groups excluding carboxylic acids is 1. The van der Waals surface area contributed by atoms with Crippen LogP contribution in [0.5, 0.6) is 5.75 Å². The van der Waals surface area contributed by atoms with Crippen molar-refractivity contribution in [3.05, 3.63) is 59.9 Å². The molecule has 2 heterocycles. The van der Waals surface area contributed by atoms with E-state index in [-0.39, 0.29) is 43.1 Å². The molecule has 0 bridgehead atoms. The largest absolute Gasteiger partial charge is 0.491 e. The number of piperazine rings is 1. The average Bonchev–Trinajstić information content (AvgIpc) is 3.31. The molecule has 0 N–H and O–H groups in total. The Morgan fingerprint density at radius 3 is 2.48 bits per heavy atom. The minimum absolute atomic E-state index is 0.0779. The highest BCUT2D eigenvalue weighted by Gasteiger charge is 2.30. The normalized spacial score (nSPS) is 20.0. The SMILES string of the molecule is O=C(c1ccc(OCC2CCCO2)cc1)N1CCN(S(=O)(=O)c2cccc(F)c2)CC1. The Hall–Kier alpha value is -2.49. The van der Waals surface area contributed by atoms with Crippen LogP contribution >= 0.6 is 0 Å². The van der Waals surface area contributed by atoms with Gasteiger partial charge in [0.05, 0.1) is 11.0 Å². The van der Waals surface area contributed by atoms with E-state index in [2.05, 4.69) is 0 Å². The summed E-state index contributed by atoms with van der Waals surface area (Å²) >= 11 is 0. The van der Waals surface area contributed by atoms with Crippen LogP contribution in [0.4, 0.5) is 4.39 Å². The number of nitrogens with zero attached hydrogens (tertiary/aromatic N) is 2. The molecule has 2 aliphatic heterocycles. The number of sulfonamides is 1. The van der Waals surface area contributed by atoms with Crippen LogP contribution < -0.4 is 4.74 Å². The fourth-order valence-electron chi connectivity index (χ4n) is 3.75. The van der Waals surface area contributed by atoms with E-state index in [1.165, 1.54) is 22.5 Å². The van der Waals surface area contributed by atoms with Crippen molar-refractivity contribution in [1.82, 2.24) is 9.21 Å². The zero-order valence-electron chi connectivity index (χ0n) is 17.1. The van der Waals surface area contributed by atoms with Crippen LogP contribution in [-0.4, -0.2) is 69.0 Å². The van der Waals surface area contributed by atoms with Gasteiger partial charge in [0.15, 0.2) is 0 Å². The number of carbonyl (C=O) groups is 1. The van der Waals surface area contributed by atoms with Crippen LogP contribution in [0.3, 0.4) is 0 Å². The monoisotopic (exact) mass is 448 g/mol. The molecule has 7 nitrogen and oxygen atoms in total. The predicted molar refractivity (Wildman–Crippen MR) is 112 cm³/mol. The summed E-state index contributed by atoms with van der Waals surface area (Å²) in [6.07, 6.45) is 2.18. The number of rotatable bonds is 6. The van der Waals surface area contributed by atoms with Crippen LogP contribution in [0.1, 0.15) is 23.2 Å². The highest BCUT2D eigenvalue weighted by molar-refractivity contribution is 7.89. The Bertz CT molecular complexity index is 1010. The topological polar surface area (TPSA) is 76.2 Å². The second-order valence-corrected chi connectivity index (χ2v) is 9.56. The van der Waals surface area contributed by atoms with Crippen molar-refractivity contribution in [2.45, 2.75) is 23.8 Å². The van der Waals surface area contributed by atoms with Gasteiger partial charge in [0.2, 0.25) is 10.0 Å². The number of halogens is 1. The van der Waals surface area contributed by atoms with Gasteiger partial charge in [-0.05, 0) is 55.3 Å². The standard InChI is InChI=1S/C22H25FN2O5S/c23-18-3-1-5-21(15-18)31(27,28)25-12-10-24(11-13-25)22(26)17-6-8-19(9-7-17)30-16-20-4-2-14-29-20/h1,3,5-9,15,20H,2,4,10-14,16H2. The molecule has 0 aliphatic carbocycles. The fourth-order valence-corrected chi connectivity index (χ4v) is 5.20. The summed E-state index contributed by atoms with van der Waals surface area (Å²) in [5.74, 6) is -0.0791. The van der Waals surface area contributed by atoms with Crippen molar-refractivity contribution >= 4 is 15.9 Å². The molecule has 4 rings (SSSR count). The molecular formula is C22H25FN2O5S. The van der Waals surface area contributed by atoms with E-state index in [0.29, 0.717) is 17.9 Å². The summed E-state index contributed by atoms with van der Waals surface area (Å²) in [5.41, 5.74) is 0.519. The molecule has 2 aromatic carbocycles. The molecule has 31 heavy (non-hydrogen) atoms. The van der Waals surface area contributed by atoms with Crippen LogP contribution in [-0.2, 0) is 14.8 Å². The first-order valence-electron chi connectivity index (χ1n) is 10.3.